The molecule has 0 aliphatic carbocycles. The van der Waals surface area contributed by atoms with Crippen LogP contribution in [-0.2, 0) is 4.79 Å². The molecule has 1 aliphatic rings. The minimum atomic E-state index is -0.213. The van der Waals surface area contributed by atoms with Crippen molar-refractivity contribution in [1.82, 2.24) is 10.3 Å². The average molecular weight is 498 g/mol. The van der Waals surface area contributed by atoms with Crippen LogP contribution < -0.4 is 24.4 Å². The quantitative estimate of drug-likeness (QED) is 0.374. The van der Waals surface area contributed by atoms with Crippen LogP contribution in [0.1, 0.15) is 49.0 Å². The number of nitrogens with one attached hydrogen (secondary N) is 1. The fourth-order valence-corrected chi connectivity index (χ4v) is 3.92. The van der Waals surface area contributed by atoms with E-state index in [1.54, 1.807) is 43.5 Å². The van der Waals surface area contributed by atoms with E-state index >= 15 is 0 Å². The Bertz CT molecular complexity index is 1040. The van der Waals surface area contributed by atoms with E-state index in [2.05, 4.69) is 10.5 Å². The SMILES string of the molecule is CCCOc1ccc(/C=N\NC(=O)C2CCN(C(=O)c3cc(OC)cc(OC)c3)CC2)cc1OCC. The van der Waals surface area contributed by atoms with Crippen molar-refractivity contribution in [3.63, 3.8) is 0 Å². The molecule has 0 spiro atoms. The Morgan fingerprint density at radius 3 is 2.31 bits per heavy atom. The molecule has 36 heavy (non-hydrogen) atoms. The van der Waals surface area contributed by atoms with Crippen LogP contribution in [0.15, 0.2) is 41.5 Å². The van der Waals surface area contributed by atoms with Crippen LogP contribution in [-0.4, -0.2) is 63.5 Å². The van der Waals surface area contributed by atoms with Crippen LogP contribution in [0.2, 0.25) is 0 Å². The molecule has 0 aromatic heterocycles. The number of benzene rings is 2. The number of hydrogen-bond donors (Lipinski definition) is 1. The van der Waals surface area contributed by atoms with E-state index in [9.17, 15) is 9.59 Å². The normalized spacial score (nSPS) is 13.9. The number of amides is 2. The first-order valence-corrected chi connectivity index (χ1v) is 12.2. The molecule has 1 aliphatic heterocycles. The Balaban J connectivity index is 1.53. The number of hydrazone groups is 1. The van der Waals surface area contributed by atoms with Gasteiger partial charge in [0.05, 0.1) is 33.6 Å². The molecule has 0 unspecified atom stereocenters. The van der Waals surface area contributed by atoms with Crippen molar-refractivity contribution >= 4 is 18.0 Å². The molecule has 1 N–H and O–H groups in total. The second-order valence-electron chi connectivity index (χ2n) is 8.39. The van der Waals surface area contributed by atoms with Crippen molar-refractivity contribution < 1.29 is 28.5 Å². The van der Waals surface area contributed by atoms with Crippen LogP contribution in [0.5, 0.6) is 23.0 Å². The molecule has 2 amide bonds. The molecule has 0 saturated carbocycles. The molecule has 0 radical (unpaired) electrons. The third kappa shape index (κ3) is 7.13. The highest BCUT2D eigenvalue weighted by atomic mass is 16.5. The highest BCUT2D eigenvalue weighted by molar-refractivity contribution is 5.95. The number of rotatable bonds is 11. The van der Waals surface area contributed by atoms with E-state index in [0.29, 0.717) is 67.7 Å². The van der Waals surface area contributed by atoms with Crippen molar-refractivity contribution in [2.24, 2.45) is 11.0 Å². The highest BCUT2D eigenvalue weighted by Crippen LogP contribution is 2.28. The number of carbonyl (C=O) groups excluding carboxylic acids is 2. The molecule has 9 heteroatoms. The van der Waals surface area contributed by atoms with E-state index in [-0.39, 0.29) is 17.7 Å². The van der Waals surface area contributed by atoms with Gasteiger partial charge in [0.1, 0.15) is 11.5 Å². The topological polar surface area (TPSA) is 98.7 Å². The smallest absolute Gasteiger partial charge is 0.254 e. The second kappa shape index (κ2) is 13.4. The van der Waals surface area contributed by atoms with Crippen LogP contribution in [0.4, 0.5) is 0 Å². The molecule has 194 valence electrons. The van der Waals surface area contributed by atoms with E-state index in [1.165, 1.54) is 0 Å². The largest absolute Gasteiger partial charge is 0.497 e. The Hall–Kier alpha value is -3.75. The summed E-state index contributed by atoms with van der Waals surface area (Å²) in [4.78, 5) is 27.4. The summed E-state index contributed by atoms with van der Waals surface area (Å²) in [6, 6.07) is 10.6. The number of carbonyl (C=O) groups is 2. The molecule has 2 aromatic rings. The minimum Gasteiger partial charge on any atom is -0.497 e. The summed E-state index contributed by atoms with van der Waals surface area (Å²) in [7, 11) is 3.09. The number of piperidine rings is 1. The lowest BCUT2D eigenvalue weighted by Gasteiger charge is -2.31. The van der Waals surface area contributed by atoms with Gasteiger partial charge in [-0.15, -0.1) is 0 Å². The standard InChI is InChI=1S/C27H35N3O6/c1-5-13-36-24-8-7-19(14-25(24)35-6-2)18-28-29-26(31)20-9-11-30(12-10-20)27(32)21-15-22(33-3)17-23(16-21)34-4/h7-8,14-18,20H,5-6,9-13H2,1-4H3,(H,29,31)/b28-18-. The number of methoxy groups -OCH3 is 2. The fourth-order valence-electron chi connectivity index (χ4n) is 3.92. The maximum absolute atomic E-state index is 13.0. The summed E-state index contributed by atoms with van der Waals surface area (Å²) in [6.07, 6.45) is 3.61. The summed E-state index contributed by atoms with van der Waals surface area (Å²) in [5, 5.41) is 4.12. The van der Waals surface area contributed by atoms with Gasteiger partial charge in [-0.05, 0) is 62.1 Å². The van der Waals surface area contributed by atoms with E-state index < -0.39 is 0 Å². The Morgan fingerprint density at radius 2 is 1.69 bits per heavy atom. The van der Waals surface area contributed by atoms with Gasteiger partial charge in [-0.3, -0.25) is 9.59 Å². The lowest BCUT2D eigenvalue weighted by atomic mass is 9.95. The molecule has 1 fully saturated rings. The minimum absolute atomic E-state index is 0.111. The first-order valence-electron chi connectivity index (χ1n) is 12.2. The fraction of sp³-hybridized carbons (Fsp3) is 0.444. The van der Waals surface area contributed by atoms with Crippen molar-refractivity contribution in [3.05, 3.63) is 47.5 Å². The summed E-state index contributed by atoms with van der Waals surface area (Å²) in [5.41, 5.74) is 3.91. The van der Waals surface area contributed by atoms with E-state index in [4.69, 9.17) is 18.9 Å². The maximum atomic E-state index is 13.0. The van der Waals surface area contributed by atoms with Gasteiger partial charge in [0.25, 0.3) is 5.91 Å². The average Bonchev–Trinajstić information content (AvgIpc) is 2.92. The molecule has 0 atom stereocenters. The van der Waals surface area contributed by atoms with Gasteiger partial charge in [-0.2, -0.15) is 5.10 Å². The highest BCUT2D eigenvalue weighted by Gasteiger charge is 2.28. The first-order chi connectivity index (χ1) is 17.5. The zero-order chi connectivity index (χ0) is 25.9. The first kappa shape index (κ1) is 26.8. The molecular weight excluding hydrogens is 462 g/mol. The number of likely N-dealkylation sites (tertiary alicyclic amines) is 1. The summed E-state index contributed by atoms with van der Waals surface area (Å²) < 4.78 is 21.9. The third-order valence-corrected chi connectivity index (χ3v) is 5.87. The maximum Gasteiger partial charge on any atom is 0.254 e. The lowest BCUT2D eigenvalue weighted by molar-refractivity contribution is -0.126. The molecule has 3 rings (SSSR count). The van der Waals surface area contributed by atoms with E-state index in [0.717, 1.165) is 12.0 Å². The molecule has 1 heterocycles. The number of hydrogen-bond acceptors (Lipinski definition) is 7. The van der Waals surface area contributed by atoms with E-state index in [1.807, 2.05) is 32.0 Å². The molecule has 9 nitrogen and oxygen atoms in total. The molecule has 1 saturated heterocycles. The number of nitrogens with zero attached hydrogens (tertiary/aromatic N) is 2. The van der Waals surface area contributed by atoms with Crippen LogP contribution in [0.25, 0.3) is 0 Å². The van der Waals surface area contributed by atoms with Gasteiger partial charge in [0.15, 0.2) is 11.5 Å². The summed E-state index contributed by atoms with van der Waals surface area (Å²) >= 11 is 0. The van der Waals surface area contributed by atoms with Gasteiger partial charge in [-0.1, -0.05) is 6.92 Å². The van der Waals surface area contributed by atoms with Gasteiger partial charge < -0.3 is 23.8 Å². The summed E-state index contributed by atoms with van der Waals surface area (Å²) in [5.74, 6) is 1.97. The van der Waals surface area contributed by atoms with Gasteiger partial charge in [-0.25, -0.2) is 5.43 Å². The monoisotopic (exact) mass is 497 g/mol. The molecule has 0 bridgehead atoms. The van der Waals surface area contributed by atoms with Gasteiger partial charge in [0.2, 0.25) is 5.91 Å². The zero-order valence-corrected chi connectivity index (χ0v) is 21.4. The van der Waals surface area contributed by atoms with Crippen LogP contribution >= 0.6 is 0 Å². The van der Waals surface area contributed by atoms with Crippen molar-refractivity contribution in [2.45, 2.75) is 33.1 Å². The molecular formula is C27H35N3O6. The Morgan fingerprint density at radius 1 is 1.00 bits per heavy atom. The van der Waals surface area contributed by atoms with Crippen molar-refractivity contribution in [2.75, 3.05) is 40.5 Å². The van der Waals surface area contributed by atoms with Gasteiger partial charge in [0, 0.05) is 30.6 Å². The molecule has 2 aromatic carbocycles. The predicted octanol–water partition coefficient (Wildman–Crippen LogP) is 3.89. The van der Waals surface area contributed by atoms with Crippen molar-refractivity contribution in [3.8, 4) is 23.0 Å². The lowest BCUT2D eigenvalue weighted by Crippen LogP contribution is -2.42. The van der Waals surface area contributed by atoms with Crippen LogP contribution in [0.3, 0.4) is 0 Å². The summed E-state index contributed by atoms with van der Waals surface area (Å²) in [6.45, 7) is 6.06. The second-order valence-corrected chi connectivity index (χ2v) is 8.39. The Kier molecular flexibility index (Phi) is 9.97. The number of ether oxygens (including phenoxy) is 4. The zero-order valence-electron chi connectivity index (χ0n) is 21.4. The van der Waals surface area contributed by atoms with Crippen molar-refractivity contribution in [1.29, 1.82) is 0 Å². The predicted molar refractivity (Wildman–Crippen MR) is 137 cm³/mol. The Labute approximate surface area is 212 Å². The van der Waals surface area contributed by atoms with Crippen LogP contribution in [0, 0.1) is 5.92 Å². The van der Waals surface area contributed by atoms with Gasteiger partial charge >= 0.3 is 0 Å². The third-order valence-electron chi connectivity index (χ3n) is 5.87.